The number of thiophene rings is 1. The molecule has 2 N–H and O–H groups in total. The molecule has 0 radical (unpaired) electrons. The van der Waals surface area contributed by atoms with E-state index < -0.39 is 0 Å². The lowest BCUT2D eigenvalue weighted by atomic mass is 10.1. The van der Waals surface area contributed by atoms with Crippen molar-refractivity contribution in [3.8, 4) is 11.8 Å². The van der Waals surface area contributed by atoms with E-state index in [0.717, 1.165) is 31.2 Å². The van der Waals surface area contributed by atoms with Crippen molar-refractivity contribution in [1.82, 2.24) is 4.90 Å². The molecule has 0 amide bonds. The van der Waals surface area contributed by atoms with Crippen molar-refractivity contribution in [2.45, 2.75) is 32.4 Å². The van der Waals surface area contributed by atoms with Gasteiger partial charge >= 0.3 is 0 Å². The van der Waals surface area contributed by atoms with Crippen LogP contribution in [0.3, 0.4) is 0 Å². The maximum absolute atomic E-state index is 5.46. The van der Waals surface area contributed by atoms with Crippen LogP contribution >= 0.6 is 11.3 Å². The molecule has 1 fully saturated rings. The van der Waals surface area contributed by atoms with Gasteiger partial charge in [0.2, 0.25) is 0 Å². The first-order chi connectivity index (χ1) is 9.76. The number of nitrogens with two attached hydrogens (primary N) is 1. The van der Waals surface area contributed by atoms with Gasteiger partial charge in [-0.25, -0.2) is 0 Å². The fraction of sp³-hybridized carbons (Fsp3) is 0.625. The average Bonchev–Trinajstić information content (AvgIpc) is 3.21. The number of ether oxygens (including phenoxy) is 1. The molecule has 0 saturated heterocycles. The van der Waals surface area contributed by atoms with Crippen molar-refractivity contribution in [3.05, 3.63) is 21.9 Å². The number of methoxy groups -OCH3 is 1. The predicted molar refractivity (Wildman–Crippen MR) is 84.7 cm³/mol. The molecule has 4 heteroatoms. The van der Waals surface area contributed by atoms with Crippen LogP contribution in [-0.4, -0.2) is 37.7 Å². The van der Waals surface area contributed by atoms with Crippen LogP contribution in [0.1, 0.15) is 30.2 Å². The highest BCUT2D eigenvalue weighted by molar-refractivity contribution is 7.10. The number of hydrogen-bond donors (Lipinski definition) is 1. The molecule has 0 aromatic carbocycles. The van der Waals surface area contributed by atoms with Gasteiger partial charge in [0.1, 0.15) is 0 Å². The van der Waals surface area contributed by atoms with Gasteiger partial charge in [0.25, 0.3) is 0 Å². The molecule has 1 heterocycles. The van der Waals surface area contributed by atoms with E-state index in [0.29, 0.717) is 12.6 Å². The first-order valence-electron chi connectivity index (χ1n) is 7.24. The minimum Gasteiger partial charge on any atom is -0.383 e. The Balaban J connectivity index is 2.04. The Labute approximate surface area is 126 Å². The van der Waals surface area contributed by atoms with Crippen molar-refractivity contribution in [1.29, 1.82) is 0 Å². The average molecular weight is 292 g/mol. The summed E-state index contributed by atoms with van der Waals surface area (Å²) in [5, 5.41) is 2.12. The van der Waals surface area contributed by atoms with Crippen molar-refractivity contribution >= 4 is 11.3 Å². The first kappa shape index (κ1) is 15.5. The van der Waals surface area contributed by atoms with E-state index in [1.54, 1.807) is 18.4 Å². The van der Waals surface area contributed by atoms with Crippen LogP contribution < -0.4 is 5.73 Å². The van der Waals surface area contributed by atoms with E-state index in [1.165, 1.54) is 17.7 Å². The molecule has 1 aromatic heterocycles. The van der Waals surface area contributed by atoms with Crippen molar-refractivity contribution in [3.63, 3.8) is 0 Å². The third-order valence-electron chi connectivity index (χ3n) is 3.88. The van der Waals surface area contributed by atoms with Crippen molar-refractivity contribution in [2.75, 3.05) is 26.8 Å². The lowest BCUT2D eigenvalue weighted by Crippen LogP contribution is -2.36. The molecule has 1 unspecified atom stereocenters. The summed E-state index contributed by atoms with van der Waals surface area (Å²) in [6, 6.07) is 2.72. The Morgan fingerprint density at radius 1 is 1.55 bits per heavy atom. The zero-order chi connectivity index (χ0) is 14.4. The van der Waals surface area contributed by atoms with Crippen LogP contribution in [0.4, 0.5) is 0 Å². The summed E-state index contributed by atoms with van der Waals surface area (Å²) in [4.78, 5) is 3.87. The Morgan fingerprint density at radius 3 is 3.00 bits per heavy atom. The minimum atomic E-state index is 0.418. The summed E-state index contributed by atoms with van der Waals surface area (Å²) in [6.45, 7) is 5.49. The molecule has 1 atom stereocenters. The van der Waals surface area contributed by atoms with Crippen LogP contribution in [0.15, 0.2) is 11.4 Å². The van der Waals surface area contributed by atoms with Crippen LogP contribution in [-0.2, 0) is 11.3 Å². The lowest BCUT2D eigenvalue weighted by molar-refractivity contribution is 0.112. The highest BCUT2D eigenvalue weighted by Gasteiger charge is 2.32. The molecule has 0 spiro atoms. The van der Waals surface area contributed by atoms with Gasteiger partial charge in [-0.05, 0) is 37.1 Å². The van der Waals surface area contributed by atoms with Gasteiger partial charge in [0.15, 0.2) is 0 Å². The molecule has 110 valence electrons. The molecule has 20 heavy (non-hydrogen) atoms. The zero-order valence-electron chi connectivity index (χ0n) is 12.4. The molecule has 1 aliphatic carbocycles. The van der Waals surface area contributed by atoms with Crippen LogP contribution in [0, 0.1) is 17.8 Å². The maximum Gasteiger partial charge on any atom is 0.0589 e. The summed E-state index contributed by atoms with van der Waals surface area (Å²) in [5.74, 6) is 6.99. The molecule has 1 aliphatic rings. The molecular weight excluding hydrogens is 268 g/mol. The second-order valence-corrected chi connectivity index (χ2v) is 6.31. The van der Waals surface area contributed by atoms with Gasteiger partial charge in [-0.3, -0.25) is 4.90 Å². The predicted octanol–water partition coefficient (Wildman–Crippen LogP) is 2.31. The molecule has 1 saturated carbocycles. The highest BCUT2D eigenvalue weighted by Crippen LogP contribution is 2.36. The van der Waals surface area contributed by atoms with Crippen LogP contribution in [0.2, 0.25) is 0 Å². The van der Waals surface area contributed by atoms with E-state index in [2.05, 4.69) is 35.1 Å². The van der Waals surface area contributed by atoms with Gasteiger partial charge in [0, 0.05) is 36.7 Å². The molecule has 0 aliphatic heterocycles. The summed E-state index contributed by atoms with van der Waals surface area (Å²) in [5.41, 5.74) is 6.59. The zero-order valence-corrected chi connectivity index (χ0v) is 13.2. The second-order valence-electron chi connectivity index (χ2n) is 5.30. The van der Waals surface area contributed by atoms with Gasteiger partial charge in [-0.2, -0.15) is 0 Å². The molecule has 0 bridgehead atoms. The third kappa shape index (κ3) is 4.32. The van der Waals surface area contributed by atoms with Crippen LogP contribution in [0.5, 0.6) is 0 Å². The summed E-state index contributed by atoms with van der Waals surface area (Å²) in [7, 11) is 1.77. The molecule has 1 aromatic rings. The van der Waals surface area contributed by atoms with Crippen molar-refractivity contribution < 1.29 is 4.74 Å². The smallest absolute Gasteiger partial charge is 0.0589 e. The quantitative estimate of drug-likeness (QED) is 0.784. The fourth-order valence-corrected chi connectivity index (χ4v) is 3.27. The van der Waals surface area contributed by atoms with E-state index in [1.807, 2.05) is 0 Å². The number of nitrogens with zero attached hydrogens (tertiary/aromatic N) is 1. The molecular formula is C16H24N2OS. The van der Waals surface area contributed by atoms with Gasteiger partial charge in [-0.1, -0.05) is 11.8 Å². The van der Waals surface area contributed by atoms with E-state index in [-0.39, 0.29) is 0 Å². The lowest BCUT2D eigenvalue weighted by Gasteiger charge is -2.28. The second kappa shape index (κ2) is 7.80. The standard InChI is InChI=1S/C16H24N2OS/c1-13(14-5-6-14)18(9-10-19-2)12-16-15(4-3-8-17)7-11-20-16/h7,11,13-14H,5-6,8-10,12,17H2,1-2H3. The van der Waals surface area contributed by atoms with Gasteiger partial charge in [0.05, 0.1) is 13.2 Å². The van der Waals surface area contributed by atoms with Gasteiger partial charge in [-0.15, -0.1) is 11.3 Å². The summed E-state index contributed by atoms with van der Waals surface area (Å²) in [6.07, 6.45) is 2.74. The normalized spacial score (nSPS) is 16.0. The molecule has 3 nitrogen and oxygen atoms in total. The first-order valence-corrected chi connectivity index (χ1v) is 8.12. The summed E-state index contributed by atoms with van der Waals surface area (Å²) < 4.78 is 5.25. The fourth-order valence-electron chi connectivity index (χ4n) is 2.42. The largest absolute Gasteiger partial charge is 0.383 e. The minimum absolute atomic E-state index is 0.418. The Hall–Kier alpha value is -0.860. The van der Waals surface area contributed by atoms with Crippen molar-refractivity contribution in [2.24, 2.45) is 11.7 Å². The van der Waals surface area contributed by atoms with E-state index >= 15 is 0 Å². The Kier molecular flexibility index (Phi) is 6.06. The van der Waals surface area contributed by atoms with Crippen LogP contribution in [0.25, 0.3) is 0 Å². The number of rotatable bonds is 7. The highest BCUT2D eigenvalue weighted by atomic mass is 32.1. The molecule has 2 rings (SSSR count). The SMILES string of the molecule is COCCN(Cc1sccc1C#CCN)C(C)C1CC1. The van der Waals surface area contributed by atoms with E-state index in [4.69, 9.17) is 10.5 Å². The Morgan fingerprint density at radius 2 is 2.35 bits per heavy atom. The maximum atomic E-state index is 5.46. The number of hydrogen-bond acceptors (Lipinski definition) is 4. The monoisotopic (exact) mass is 292 g/mol. The Bertz CT molecular complexity index is 470. The summed E-state index contributed by atoms with van der Waals surface area (Å²) >= 11 is 1.79. The topological polar surface area (TPSA) is 38.5 Å². The van der Waals surface area contributed by atoms with E-state index in [9.17, 15) is 0 Å². The van der Waals surface area contributed by atoms with Gasteiger partial charge < -0.3 is 10.5 Å². The third-order valence-corrected chi connectivity index (χ3v) is 4.79.